The molecule has 0 saturated carbocycles. The lowest BCUT2D eigenvalue weighted by molar-refractivity contribution is -0.122. The van der Waals surface area contributed by atoms with E-state index >= 15 is 0 Å². The Morgan fingerprint density at radius 1 is 1.06 bits per heavy atom. The van der Waals surface area contributed by atoms with Crippen molar-refractivity contribution in [3.8, 4) is 17.6 Å². The summed E-state index contributed by atoms with van der Waals surface area (Å²) in [5.41, 5.74) is 1.37. The molecule has 0 aromatic heterocycles. The Morgan fingerprint density at radius 2 is 1.69 bits per heavy atom. The summed E-state index contributed by atoms with van der Waals surface area (Å²) in [5, 5.41) is 14.7. The van der Waals surface area contributed by atoms with E-state index in [1.807, 2.05) is 19.9 Å². The predicted molar refractivity (Wildman–Crippen MR) is 124 cm³/mol. The highest BCUT2D eigenvalue weighted by Gasteiger charge is 2.21. The molecule has 2 aromatic rings. The number of halogens is 1. The summed E-state index contributed by atoms with van der Waals surface area (Å²) in [4.78, 5) is 26.7. The molecule has 170 valence electrons. The normalized spacial score (nSPS) is 11.4. The molecule has 0 saturated heterocycles. The van der Waals surface area contributed by atoms with Crippen molar-refractivity contribution in [3.63, 3.8) is 0 Å². The van der Waals surface area contributed by atoms with Crippen LogP contribution in [-0.4, -0.2) is 49.6 Å². The summed E-state index contributed by atoms with van der Waals surface area (Å²) in [5.74, 6) is 0.577. The van der Waals surface area contributed by atoms with Gasteiger partial charge < -0.3 is 20.1 Å². The number of nitrogens with one attached hydrogen (secondary N) is 2. The Morgan fingerprint density at radius 3 is 2.31 bits per heavy atom. The Kier molecular flexibility index (Phi) is 9.32. The van der Waals surface area contributed by atoms with Crippen LogP contribution in [0, 0.1) is 11.3 Å². The monoisotopic (exact) mass is 458 g/mol. The van der Waals surface area contributed by atoms with E-state index in [4.69, 9.17) is 26.3 Å². The number of carbonyl (C=O) groups excluding carboxylic acids is 2. The van der Waals surface area contributed by atoms with Crippen LogP contribution in [0.2, 0.25) is 5.02 Å². The fourth-order valence-electron chi connectivity index (χ4n) is 2.82. The van der Waals surface area contributed by atoms with Gasteiger partial charge in [-0.3, -0.25) is 14.5 Å². The van der Waals surface area contributed by atoms with Crippen molar-refractivity contribution in [2.24, 2.45) is 0 Å². The third-order valence-corrected chi connectivity index (χ3v) is 4.93. The van der Waals surface area contributed by atoms with Crippen molar-refractivity contribution >= 4 is 34.8 Å². The van der Waals surface area contributed by atoms with E-state index in [2.05, 4.69) is 10.6 Å². The number of anilines is 2. The van der Waals surface area contributed by atoms with E-state index in [0.29, 0.717) is 41.7 Å². The largest absolute Gasteiger partial charge is 0.490 e. The molecule has 0 bridgehead atoms. The first kappa shape index (κ1) is 25.0. The number of amides is 2. The van der Waals surface area contributed by atoms with E-state index in [1.54, 1.807) is 43.1 Å². The molecular weight excluding hydrogens is 432 g/mol. The second kappa shape index (κ2) is 11.9. The topological polar surface area (TPSA) is 104 Å². The van der Waals surface area contributed by atoms with E-state index in [0.717, 1.165) is 0 Å². The van der Waals surface area contributed by atoms with Crippen molar-refractivity contribution in [1.82, 2.24) is 4.90 Å². The molecule has 8 nitrogen and oxygen atoms in total. The highest BCUT2D eigenvalue weighted by Crippen LogP contribution is 2.30. The van der Waals surface area contributed by atoms with Gasteiger partial charge in [-0.05, 0) is 58.2 Å². The van der Waals surface area contributed by atoms with Gasteiger partial charge in [0.15, 0.2) is 11.5 Å². The smallest absolute Gasteiger partial charge is 0.241 e. The minimum absolute atomic E-state index is 0.000106. The van der Waals surface area contributed by atoms with Gasteiger partial charge in [-0.2, -0.15) is 5.26 Å². The molecule has 2 rings (SSSR count). The van der Waals surface area contributed by atoms with E-state index < -0.39 is 6.04 Å². The number of hydrogen-bond donors (Lipinski definition) is 2. The van der Waals surface area contributed by atoms with Gasteiger partial charge in [0, 0.05) is 17.4 Å². The molecule has 2 N–H and O–H groups in total. The third kappa shape index (κ3) is 6.87. The lowest BCUT2D eigenvalue weighted by atomic mass is 10.2. The zero-order valence-corrected chi connectivity index (χ0v) is 19.3. The molecule has 32 heavy (non-hydrogen) atoms. The molecule has 0 radical (unpaired) electrons. The van der Waals surface area contributed by atoms with Crippen LogP contribution in [-0.2, 0) is 9.59 Å². The maximum absolute atomic E-state index is 12.6. The van der Waals surface area contributed by atoms with Gasteiger partial charge in [0.2, 0.25) is 11.8 Å². The van der Waals surface area contributed by atoms with Gasteiger partial charge in [0.1, 0.15) is 6.07 Å². The molecule has 0 aliphatic carbocycles. The van der Waals surface area contributed by atoms with Crippen LogP contribution >= 0.6 is 11.6 Å². The summed E-state index contributed by atoms with van der Waals surface area (Å²) >= 11 is 6.01. The lowest BCUT2D eigenvalue weighted by Crippen LogP contribution is -2.43. The Balaban J connectivity index is 1.96. The van der Waals surface area contributed by atoms with Crippen LogP contribution < -0.4 is 20.1 Å². The third-order valence-electron chi connectivity index (χ3n) is 4.62. The van der Waals surface area contributed by atoms with Crippen LogP contribution in [0.1, 0.15) is 26.3 Å². The number of likely N-dealkylation sites (N-methyl/N-ethyl adjacent to an activating group) is 1. The summed E-state index contributed by atoms with van der Waals surface area (Å²) in [6.45, 7) is 6.42. The number of ether oxygens (including phenoxy) is 2. The van der Waals surface area contributed by atoms with Gasteiger partial charge in [-0.25, -0.2) is 0 Å². The molecule has 0 heterocycles. The molecule has 1 unspecified atom stereocenters. The fourth-order valence-corrected chi connectivity index (χ4v) is 3.05. The minimum Gasteiger partial charge on any atom is -0.490 e. The van der Waals surface area contributed by atoms with Gasteiger partial charge >= 0.3 is 0 Å². The first-order valence-electron chi connectivity index (χ1n) is 10.2. The molecule has 0 fully saturated rings. The lowest BCUT2D eigenvalue weighted by Gasteiger charge is -2.23. The van der Waals surface area contributed by atoms with E-state index in [1.165, 1.54) is 12.1 Å². The molecule has 1 atom stereocenters. The van der Waals surface area contributed by atoms with E-state index in [-0.39, 0.29) is 23.4 Å². The molecule has 2 aromatic carbocycles. The molecule has 2 amide bonds. The van der Waals surface area contributed by atoms with Gasteiger partial charge in [-0.15, -0.1) is 0 Å². The maximum Gasteiger partial charge on any atom is 0.241 e. The average Bonchev–Trinajstić information content (AvgIpc) is 2.75. The second-order valence-corrected chi connectivity index (χ2v) is 7.37. The number of nitriles is 1. The Hall–Kier alpha value is -3.28. The Bertz CT molecular complexity index is 1010. The van der Waals surface area contributed by atoms with Crippen LogP contribution in [0.4, 0.5) is 11.4 Å². The first-order chi connectivity index (χ1) is 15.3. The van der Waals surface area contributed by atoms with Gasteiger partial charge in [-0.1, -0.05) is 11.6 Å². The van der Waals surface area contributed by atoms with Crippen molar-refractivity contribution in [2.75, 3.05) is 37.4 Å². The number of nitrogens with zero attached hydrogens (tertiary/aromatic N) is 2. The van der Waals surface area contributed by atoms with Crippen LogP contribution in [0.15, 0.2) is 36.4 Å². The number of hydrogen-bond acceptors (Lipinski definition) is 6. The van der Waals surface area contributed by atoms with Crippen molar-refractivity contribution < 1.29 is 19.1 Å². The predicted octanol–water partition coefficient (Wildman–Crippen LogP) is 3.91. The van der Waals surface area contributed by atoms with Crippen molar-refractivity contribution in [2.45, 2.75) is 26.8 Å². The zero-order chi connectivity index (χ0) is 23.7. The maximum atomic E-state index is 12.6. The average molecular weight is 459 g/mol. The summed E-state index contributed by atoms with van der Waals surface area (Å²) in [6.07, 6.45) is 0. The fraction of sp³-hybridized carbons (Fsp3) is 0.348. The van der Waals surface area contributed by atoms with Crippen LogP contribution in [0.25, 0.3) is 0 Å². The number of benzene rings is 2. The Labute approximate surface area is 193 Å². The molecule has 9 heteroatoms. The summed E-state index contributed by atoms with van der Waals surface area (Å²) in [6, 6.07) is 11.2. The van der Waals surface area contributed by atoms with E-state index in [9.17, 15) is 9.59 Å². The van der Waals surface area contributed by atoms with Crippen molar-refractivity contribution in [1.29, 1.82) is 5.26 Å². The molecular formula is C23H27ClN4O4. The summed E-state index contributed by atoms with van der Waals surface area (Å²) in [7, 11) is 1.68. The van der Waals surface area contributed by atoms with Gasteiger partial charge in [0.05, 0.1) is 36.4 Å². The standard InChI is InChI=1S/C23H27ClN4O4/c1-5-31-20-10-9-18(12-21(20)32-6-2)26-22(29)14-28(4)15(3)23(30)27-17-8-7-16(13-25)19(24)11-17/h7-12,15H,5-6,14H2,1-4H3,(H,26,29)(H,27,30). The number of rotatable bonds is 10. The zero-order valence-electron chi connectivity index (χ0n) is 18.6. The summed E-state index contributed by atoms with van der Waals surface area (Å²) < 4.78 is 11.1. The molecule has 0 aliphatic heterocycles. The highest BCUT2D eigenvalue weighted by molar-refractivity contribution is 6.32. The molecule has 0 aliphatic rings. The van der Waals surface area contributed by atoms with Crippen molar-refractivity contribution in [3.05, 3.63) is 47.0 Å². The second-order valence-electron chi connectivity index (χ2n) is 6.96. The molecule has 0 spiro atoms. The number of carbonyl (C=O) groups is 2. The SMILES string of the molecule is CCOc1ccc(NC(=O)CN(C)C(C)C(=O)Nc2ccc(C#N)c(Cl)c2)cc1OCC. The van der Waals surface area contributed by atoms with Gasteiger partial charge in [0.25, 0.3) is 0 Å². The highest BCUT2D eigenvalue weighted by atomic mass is 35.5. The first-order valence-corrected chi connectivity index (χ1v) is 10.6. The van der Waals surface area contributed by atoms with Crippen LogP contribution in [0.5, 0.6) is 11.5 Å². The van der Waals surface area contributed by atoms with Crippen LogP contribution in [0.3, 0.4) is 0 Å². The quantitative estimate of drug-likeness (QED) is 0.559. The minimum atomic E-state index is -0.588.